The second-order valence-corrected chi connectivity index (χ2v) is 8.03. The lowest BCUT2D eigenvalue weighted by molar-refractivity contribution is -0.132. The normalized spacial score (nSPS) is 18.7. The Hall–Kier alpha value is -1.63. The molecule has 0 saturated carbocycles. The number of halogens is 1. The molecule has 1 N–H and O–H groups in total. The zero-order valence-electron chi connectivity index (χ0n) is 16.3. The molecule has 2 amide bonds. The Morgan fingerprint density at radius 1 is 0.963 bits per heavy atom. The maximum atomic E-state index is 12.4. The summed E-state index contributed by atoms with van der Waals surface area (Å²) in [5, 5.41) is 3.52. The number of piperazine rings is 1. The molecule has 3 rings (SSSR count). The van der Waals surface area contributed by atoms with Gasteiger partial charge in [-0.05, 0) is 43.9 Å². The Morgan fingerprint density at radius 3 is 2.15 bits per heavy atom. The number of aryl methyl sites for hydroxylation is 2. The lowest BCUT2D eigenvalue weighted by Gasteiger charge is -2.34. The number of rotatable bonds is 5. The largest absolute Gasteiger partial charge is 0.342 e. The van der Waals surface area contributed by atoms with E-state index in [-0.39, 0.29) is 11.8 Å². The van der Waals surface area contributed by atoms with E-state index in [1.54, 1.807) is 0 Å². The number of likely N-dealkylation sites (tertiary alicyclic amines) is 1. The number of nitrogens with one attached hydrogen (secondary N) is 1. The number of hydrogen-bond donors (Lipinski definition) is 1. The smallest absolute Gasteiger partial charge is 0.238 e. The number of hydrogen-bond acceptors (Lipinski definition) is 4. The number of nitrogens with zero attached hydrogens (tertiary/aromatic N) is 3. The standard InChI is InChI=1S/C20H29ClN4O2/c1-15-11-16(2)20(17(21)12-15)22-18(26)13-23-7-9-24(10-8-23)14-19(27)25-5-3-4-6-25/h11-12H,3-10,13-14H2,1-2H3,(H,22,26). The van der Waals surface area contributed by atoms with Gasteiger partial charge in [0.1, 0.15) is 0 Å². The quantitative estimate of drug-likeness (QED) is 0.834. The molecule has 1 aromatic carbocycles. The van der Waals surface area contributed by atoms with Gasteiger partial charge in [0, 0.05) is 39.3 Å². The van der Waals surface area contributed by atoms with E-state index in [0.717, 1.165) is 63.2 Å². The minimum absolute atomic E-state index is 0.0505. The van der Waals surface area contributed by atoms with Gasteiger partial charge in [0.05, 0.1) is 23.8 Å². The maximum absolute atomic E-state index is 12.4. The van der Waals surface area contributed by atoms with Crippen LogP contribution < -0.4 is 5.32 Å². The summed E-state index contributed by atoms with van der Waals surface area (Å²) in [6.45, 7) is 9.80. The van der Waals surface area contributed by atoms with Gasteiger partial charge in [-0.1, -0.05) is 17.7 Å². The summed E-state index contributed by atoms with van der Waals surface area (Å²) in [7, 11) is 0. The van der Waals surface area contributed by atoms with Crippen LogP contribution in [0, 0.1) is 13.8 Å². The van der Waals surface area contributed by atoms with E-state index >= 15 is 0 Å². The fourth-order valence-electron chi connectivity index (χ4n) is 3.82. The molecule has 7 heteroatoms. The molecule has 148 valence electrons. The van der Waals surface area contributed by atoms with E-state index in [1.807, 2.05) is 30.9 Å². The summed E-state index contributed by atoms with van der Waals surface area (Å²) in [6.07, 6.45) is 2.25. The summed E-state index contributed by atoms with van der Waals surface area (Å²) in [5.74, 6) is 0.189. The van der Waals surface area contributed by atoms with Gasteiger partial charge in [-0.25, -0.2) is 0 Å². The first kappa shape index (κ1) is 20.1. The van der Waals surface area contributed by atoms with Gasteiger partial charge in [0.25, 0.3) is 0 Å². The Kier molecular flexibility index (Phi) is 6.73. The Labute approximate surface area is 166 Å². The van der Waals surface area contributed by atoms with Gasteiger partial charge in [-0.3, -0.25) is 19.4 Å². The van der Waals surface area contributed by atoms with Gasteiger partial charge >= 0.3 is 0 Å². The number of carbonyl (C=O) groups excluding carboxylic acids is 2. The number of benzene rings is 1. The molecule has 2 saturated heterocycles. The number of carbonyl (C=O) groups is 2. The first-order valence-corrected chi connectivity index (χ1v) is 10.1. The lowest BCUT2D eigenvalue weighted by Crippen LogP contribution is -2.51. The molecule has 6 nitrogen and oxygen atoms in total. The van der Waals surface area contributed by atoms with Crippen LogP contribution in [0.1, 0.15) is 24.0 Å². The van der Waals surface area contributed by atoms with Gasteiger partial charge in [-0.2, -0.15) is 0 Å². The van der Waals surface area contributed by atoms with Gasteiger partial charge in [-0.15, -0.1) is 0 Å². The first-order valence-electron chi connectivity index (χ1n) is 9.71. The average molecular weight is 393 g/mol. The maximum Gasteiger partial charge on any atom is 0.238 e. The van der Waals surface area contributed by atoms with E-state index in [4.69, 9.17) is 11.6 Å². The van der Waals surface area contributed by atoms with Gasteiger partial charge < -0.3 is 10.2 Å². The molecule has 0 radical (unpaired) electrons. The molecular formula is C20H29ClN4O2. The minimum Gasteiger partial charge on any atom is -0.342 e. The van der Waals surface area contributed by atoms with E-state index in [1.165, 1.54) is 0 Å². The second-order valence-electron chi connectivity index (χ2n) is 7.63. The summed E-state index contributed by atoms with van der Waals surface area (Å²) >= 11 is 6.27. The van der Waals surface area contributed by atoms with E-state index < -0.39 is 0 Å². The van der Waals surface area contributed by atoms with Crippen molar-refractivity contribution in [3.05, 3.63) is 28.3 Å². The topological polar surface area (TPSA) is 55.9 Å². The van der Waals surface area contributed by atoms with Crippen LogP contribution in [0.3, 0.4) is 0 Å². The summed E-state index contributed by atoms with van der Waals surface area (Å²) in [4.78, 5) is 31.0. The molecule has 2 aliphatic heterocycles. The van der Waals surface area contributed by atoms with Crippen LogP contribution in [0.2, 0.25) is 5.02 Å². The summed E-state index contributed by atoms with van der Waals surface area (Å²) < 4.78 is 0. The zero-order valence-corrected chi connectivity index (χ0v) is 17.0. The van der Waals surface area contributed by atoms with Crippen molar-refractivity contribution in [1.29, 1.82) is 0 Å². The summed E-state index contributed by atoms with van der Waals surface area (Å²) in [6, 6.07) is 3.87. The molecule has 2 fully saturated rings. The fourth-order valence-corrected chi connectivity index (χ4v) is 4.19. The Bertz CT molecular complexity index is 672. The molecule has 0 bridgehead atoms. The molecule has 2 heterocycles. The van der Waals surface area contributed by atoms with Crippen molar-refractivity contribution in [1.82, 2.24) is 14.7 Å². The van der Waals surface area contributed by atoms with E-state index in [2.05, 4.69) is 15.1 Å². The van der Waals surface area contributed by atoms with Crippen LogP contribution in [0.4, 0.5) is 5.69 Å². The van der Waals surface area contributed by atoms with E-state index in [9.17, 15) is 9.59 Å². The van der Waals surface area contributed by atoms with Crippen LogP contribution in [0.15, 0.2) is 12.1 Å². The number of amides is 2. The van der Waals surface area contributed by atoms with Crippen LogP contribution in [-0.2, 0) is 9.59 Å². The molecule has 0 aromatic heterocycles. The highest BCUT2D eigenvalue weighted by molar-refractivity contribution is 6.34. The molecule has 2 aliphatic rings. The molecule has 0 spiro atoms. The van der Waals surface area contributed by atoms with Crippen molar-refractivity contribution in [3.8, 4) is 0 Å². The molecule has 1 aromatic rings. The highest BCUT2D eigenvalue weighted by Gasteiger charge is 2.24. The average Bonchev–Trinajstić information content (AvgIpc) is 3.14. The SMILES string of the molecule is Cc1cc(C)c(NC(=O)CN2CCN(CC(=O)N3CCCC3)CC2)c(Cl)c1. The number of anilines is 1. The highest BCUT2D eigenvalue weighted by atomic mass is 35.5. The minimum atomic E-state index is -0.0505. The van der Waals surface area contributed by atoms with Crippen LogP contribution >= 0.6 is 11.6 Å². The van der Waals surface area contributed by atoms with Crippen LogP contribution in [0.5, 0.6) is 0 Å². The van der Waals surface area contributed by atoms with E-state index in [0.29, 0.717) is 23.8 Å². The zero-order chi connectivity index (χ0) is 19.4. The van der Waals surface area contributed by atoms with Gasteiger partial charge in [0.15, 0.2) is 0 Å². The van der Waals surface area contributed by atoms with Crippen molar-refractivity contribution in [2.75, 3.05) is 57.7 Å². The third-order valence-electron chi connectivity index (χ3n) is 5.35. The predicted octanol–water partition coefficient (Wildman–Crippen LogP) is 2.14. The van der Waals surface area contributed by atoms with Crippen molar-refractivity contribution < 1.29 is 9.59 Å². The van der Waals surface area contributed by atoms with Crippen molar-refractivity contribution in [3.63, 3.8) is 0 Å². The monoisotopic (exact) mass is 392 g/mol. The molecule has 27 heavy (non-hydrogen) atoms. The molecular weight excluding hydrogens is 364 g/mol. The third-order valence-corrected chi connectivity index (χ3v) is 5.64. The lowest BCUT2D eigenvalue weighted by atomic mass is 10.1. The third kappa shape index (κ3) is 5.43. The molecule has 0 aliphatic carbocycles. The highest BCUT2D eigenvalue weighted by Crippen LogP contribution is 2.27. The van der Waals surface area contributed by atoms with Crippen molar-refractivity contribution in [2.24, 2.45) is 0 Å². The van der Waals surface area contributed by atoms with Crippen molar-refractivity contribution >= 4 is 29.1 Å². The summed E-state index contributed by atoms with van der Waals surface area (Å²) in [5.41, 5.74) is 2.75. The molecule has 0 atom stereocenters. The molecule has 0 unspecified atom stereocenters. The van der Waals surface area contributed by atoms with Crippen molar-refractivity contribution in [2.45, 2.75) is 26.7 Å². The predicted molar refractivity (Wildman–Crippen MR) is 108 cm³/mol. The fraction of sp³-hybridized carbons (Fsp3) is 0.600. The second kappa shape index (κ2) is 9.04. The Morgan fingerprint density at radius 2 is 1.56 bits per heavy atom. The first-order chi connectivity index (χ1) is 12.9. The Balaban J connectivity index is 1.43. The van der Waals surface area contributed by atoms with Gasteiger partial charge in [0.2, 0.25) is 11.8 Å². The van der Waals surface area contributed by atoms with Crippen LogP contribution in [0.25, 0.3) is 0 Å². The van der Waals surface area contributed by atoms with Crippen LogP contribution in [-0.4, -0.2) is 78.9 Å².